The first-order chi connectivity index (χ1) is 12.0. The summed E-state index contributed by atoms with van der Waals surface area (Å²) in [6, 6.07) is 14.1. The number of nitrogens with one attached hydrogen (secondary N) is 1. The zero-order valence-electron chi connectivity index (χ0n) is 14.0. The number of hydrogen-bond acceptors (Lipinski definition) is 3. The second-order valence-electron chi connectivity index (χ2n) is 6.20. The lowest BCUT2D eigenvalue weighted by atomic mass is 10.1. The number of benzene rings is 1. The molecule has 6 heteroatoms. The van der Waals surface area contributed by atoms with Gasteiger partial charge in [-0.15, -0.1) is 0 Å². The Morgan fingerprint density at radius 3 is 2.76 bits per heavy atom. The van der Waals surface area contributed by atoms with Crippen LogP contribution in [0, 0.1) is 11.9 Å². The normalized spacial score (nSPS) is 18.2. The second kappa shape index (κ2) is 7.42. The highest BCUT2D eigenvalue weighted by atomic mass is 19.1. The van der Waals surface area contributed by atoms with E-state index in [1.54, 1.807) is 17.0 Å². The second-order valence-corrected chi connectivity index (χ2v) is 6.20. The molecule has 1 fully saturated rings. The highest BCUT2D eigenvalue weighted by Crippen LogP contribution is 2.28. The molecule has 1 aliphatic rings. The van der Waals surface area contributed by atoms with Gasteiger partial charge in [-0.25, -0.2) is 4.98 Å². The molecule has 3 rings (SSSR count). The van der Waals surface area contributed by atoms with Crippen LogP contribution in [0.3, 0.4) is 0 Å². The summed E-state index contributed by atoms with van der Waals surface area (Å²) in [7, 11) is 0. The Balaban J connectivity index is 1.59. The molecule has 1 aromatic heterocycles. The van der Waals surface area contributed by atoms with E-state index >= 15 is 0 Å². The van der Waals surface area contributed by atoms with Crippen LogP contribution < -0.4 is 5.32 Å². The van der Waals surface area contributed by atoms with E-state index in [0.717, 1.165) is 5.56 Å². The van der Waals surface area contributed by atoms with Crippen molar-refractivity contribution in [3.63, 3.8) is 0 Å². The van der Waals surface area contributed by atoms with Crippen LogP contribution in [0.5, 0.6) is 0 Å². The van der Waals surface area contributed by atoms with Crippen molar-refractivity contribution < 1.29 is 14.0 Å². The summed E-state index contributed by atoms with van der Waals surface area (Å²) in [5.74, 6) is -1.21. The average Bonchev–Trinajstić information content (AvgIpc) is 3.02. The summed E-state index contributed by atoms with van der Waals surface area (Å²) >= 11 is 0. The van der Waals surface area contributed by atoms with Gasteiger partial charge < -0.3 is 10.2 Å². The Morgan fingerprint density at radius 2 is 2.04 bits per heavy atom. The minimum atomic E-state index is -0.578. The van der Waals surface area contributed by atoms with Crippen molar-refractivity contribution in [1.29, 1.82) is 0 Å². The van der Waals surface area contributed by atoms with Gasteiger partial charge in [-0.1, -0.05) is 36.4 Å². The molecule has 2 aromatic rings. The van der Waals surface area contributed by atoms with E-state index in [0.29, 0.717) is 12.2 Å². The lowest BCUT2D eigenvalue weighted by Crippen LogP contribution is -2.33. The smallest absolute Gasteiger partial charge is 0.225 e. The van der Waals surface area contributed by atoms with Crippen LogP contribution in [0.4, 0.5) is 4.39 Å². The third kappa shape index (κ3) is 4.02. The quantitative estimate of drug-likeness (QED) is 0.850. The van der Waals surface area contributed by atoms with E-state index in [9.17, 15) is 14.0 Å². The topological polar surface area (TPSA) is 62.3 Å². The van der Waals surface area contributed by atoms with E-state index in [4.69, 9.17) is 0 Å². The lowest BCUT2D eigenvalue weighted by Gasteiger charge is -2.25. The number of carbonyl (C=O) groups excluding carboxylic acids is 2. The van der Waals surface area contributed by atoms with Crippen LogP contribution in [0.15, 0.2) is 48.5 Å². The highest BCUT2D eigenvalue weighted by Gasteiger charge is 2.36. The van der Waals surface area contributed by atoms with Gasteiger partial charge in [0.05, 0.1) is 24.2 Å². The molecular formula is C19H20FN3O2. The molecule has 2 unspecified atom stereocenters. The minimum Gasteiger partial charge on any atom is -0.350 e. The summed E-state index contributed by atoms with van der Waals surface area (Å²) in [5, 5.41) is 2.74. The monoisotopic (exact) mass is 341 g/mol. The molecule has 1 saturated heterocycles. The minimum absolute atomic E-state index is 0.0274. The van der Waals surface area contributed by atoms with Crippen molar-refractivity contribution in [3.8, 4) is 0 Å². The number of nitrogens with zero attached hydrogens (tertiary/aromatic N) is 2. The highest BCUT2D eigenvalue weighted by molar-refractivity contribution is 5.89. The van der Waals surface area contributed by atoms with Gasteiger partial charge in [0.2, 0.25) is 17.8 Å². The molecule has 5 nitrogen and oxygen atoms in total. The summed E-state index contributed by atoms with van der Waals surface area (Å²) in [6.45, 7) is 2.50. The molecule has 0 radical (unpaired) electrons. The molecule has 2 atom stereocenters. The van der Waals surface area contributed by atoms with Crippen LogP contribution in [0.2, 0.25) is 0 Å². The summed E-state index contributed by atoms with van der Waals surface area (Å²) in [5.41, 5.74) is 1.49. The Bertz CT molecular complexity index is 766. The van der Waals surface area contributed by atoms with Crippen molar-refractivity contribution in [3.05, 3.63) is 65.7 Å². The van der Waals surface area contributed by atoms with E-state index in [-0.39, 0.29) is 30.8 Å². The van der Waals surface area contributed by atoms with E-state index in [2.05, 4.69) is 10.3 Å². The Morgan fingerprint density at radius 1 is 1.28 bits per heavy atom. The van der Waals surface area contributed by atoms with Crippen molar-refractivity contribution in [2.75, 3.05) is 6.54 Å². The predicted octanol–water partition coefficient (Wildman–Crippen LogP) is 2.45. The first kappa shape index (κ1) is 17.1. The van der Waals surface area contributed by atoms with Crippen LogP contribution in [0.25, 0.3) is 0 Å². The fourth-order valence-electron chi connectivity index (χ4n) is 3.06. The Kier molecular flexibility index (Phi) is 5.07. The molecule has 1 aromatic carbocycles. The standard InChI is InChI=1S/C19H20FN3O2/c1-13(14-6-3-2-4-7-14)23-12-15(10-18(23)24)19(25)21-11-16-8-5-9-17(20)22-16/h2-9,13,15H,10-12H2,1H3,(H,21,25). The molecule has 2 amide bonds. The number of carbonyl (C=O) groups is 2. The van der Waals surface area contributed by atoms with Gasteiger partial charge in [-0.05, 0) is 24.6 Å². The first-order valence-electron chi connectivity index (χ1n) is 8.28. The molecule has 130 valence electrons. The fourth-order valence-corrected chi connectivity index (χ4v) is 3.06. The maximum atomic E-state index is 13.1. The number of pyridine rings is 1. The maximum Gasteiger partial charge on any atom is 0.225 e. The van der Waals surface area contributed by atoms with Crippen molar-refractivity contribution in [2.45, 2.75) is 25.9 Å². The van der Waals surface area contributed by atoms with Gasteiger partial charge in [0.25, 0.3) is 0 Å². The molecule has 0 bridgehead atoms. The Hall–Kier alpha value is -2.76. The van der Waals surface area contributed by atoms with Crippen molar-refractivity contribution in [2.24, 2.45) is 5.92 Å². The Labute approximate surface area is 145 Å². The van der Waals surface area contributed by atoms with Gasteiger partial charge in [0.15, 0.2) is 0 Å². The van der Waals surface area contributed by atoms with Gasteiger partial charge >= 0.3 is 0 Å². The number of rotatable bonds is 5. The third-order valence-corrected chi connectivity index (χ3v) is 4.50. The molecular weight excluding hydrogens is 321 g/mol. The van der Waals surface area contributed by atoms with E-state index in [1.165, 1.54) is 6.07 Å². The van der Waals surface area contributed by atoms with Gasteiger partial charge in [0.1, 0.15) is 0 Å². The molecule has 0 spiro atoms. The SMILES string of the molecule is CC(c1ccccc1)N1CC(C(=O)NCc2cccc(F)n2)CC1=O. The number of aromatic nitrogens is 1. The largest absolute Gasteiger partial charge is 0.350 e. The summed E-state index contributed by atoms with van der Waals surface area (Å²) in [6.07, 6.45) is 0.194. The summed E-state index contributed by atoms with van der Waals surface area (Å²) in [4.78, 5) is 30.1. The molecule has 0 saturated carbocycles. The number of likely N-dealkylation sites (tertiary alicyclic amines) is 1. The molecule has 1 aliphatic heterocycles. The number of amides is 2. The number of halogens is 1. The molecule has 2 heterocycles. The van der Waals surface area contributed by atoms with Gasteiger partial charge in [0, 0.05) is 13.0 Å². The van der Waals surface area contributed by atoms with Crippen LogP contribution in [0.1, 0.15) is 30.6 Å². The number of hydrogen-bond donors (Lipinski definition) is 1. The first-order valence-corrected chi connectivity index (χ1v) is 8.28. The van der Waals surface area contributed by atoms with Crippen LogP contribution >= 0.6 is 0 Å². The zero-order valence-corrected chi connectivity index (χ0v) is 14.0. The van der Waals surface area contributed by atoms with Crippen LogP contribution in [-0.4, -0.2) is 28.2 Å². The average molecular weight is 341 g/mol. The summed E-state index contributed by atoms with van der Waals surface area (Å²) < 4.78 is 13.1. The molecule has 0 aliphatic carbocycles. The third-order valence-electron chi connectivity index (χ3n) is 4.50. The zero-order chi connectivity index (χ0) is 17.8. The van der Waals surface area contributed by atoms with Gasteiger partial charge in [-0.2, -0.15) is 4.39 Å². The lowest BCUT2D eigenvalue weighted by molar-refractivity contribution is -0.130. The van der Waals surface area contributed by atoms with Crippen molar-refractivity contribution in [1.82, 2.24) is 15.2 Å². The van der Waals surface area contributed by atoms with E-state index < -0.39 is 11.9 Å². The molecule has 25 heavy (non-hydrogen) atoms. The predicted molar refractivity (Wildman–Crippen MR) is 90.7 cm³/mol. The van der Waals surface area contributed by atoms with Crippen molar-refractivity contribution >= 4 is 11.8 Å². The molecule has 1 N–H and O–H groups in total. The maximum absolute atomic E-state index is 13.1. The van der Waals surface area contributed by atoms with E-state index in [1.807, 2.05) is 37.3 Å². The van der Waals surface area contributed by atoms with Crippen LogP contribution in [-0.2, 0) is 16.1 Å². The van der Waals surface area contributed by atoms with Gasteiger partial charge in [-0.3, -0.25) is 9.59 Å². The fraction of sp³-hybridized carbons (Fsp3) is 0.316.